The number of nitrogens with zero attached hydrogens (tertiary/aromatic N) is 2. The molecule has 3 N–H and O–H groups in total. The van der Waals surface area contributed by atoms with Gasteiger partial charge in [0.25, 0.3) is 5.91 Å². The third kappa shape index (κ3) is 3.65. The van der Waals surface area contributed by atoms with Gasteiger partial charge < -0.3 is 15.1 Å². The monoisotopic (exact) mass is 282 g/mol. The second kappa shape index (κ2) is 7.41. The summed E-state index contributed by atoms with van der Waals surface area (Å²) < 4.78 is 4.90. The van der Waals surface area contributed by atoms with E-state index in [4.69, 9.17) is 10.6 Å². The molecule has 0 aliphatic rings. The maximum atomic E-state index is 12.2. The van der Waals surface area contributed by atoms with Gasteiger partial charge in [-0.3, -0.25) is 20.8 Å². The number of para-hydroxylation sites is 1. The number of hydrazine groups is 1. The molecule has 0 saturated carbocycles. The summed E-state index contributed by atoms with van der Waals surface area (Å²) in [6, 6.07) is 4.40. The zero-order chi connectivity index (χ0) is 15.1. The Morgan fingerprint density at radius 2 is 2.25 bits per heavy atom. The van der Waals surface area contributed by atoms with Crippen molar-refractivity contribution in [3.63, 3.8) is 0 Å². The maximum Gasteiger partial charge on any atom is 0.306 e. The summed E-state index contributed by atoms with van der Waals surface area (Å²) in [6.07, 6.45) is 0.654. The smallest absolute Gasteiger partial charge is 0.306 e. The number of nitro groups is 1. The molecule has 0 saturated heterocycles. The Morgan fingerprint density at radius 1 is 1.55 bits per heavy atom. The van der Waals surface area contributed by atoms with E-state index in [9.17, 15) is 14.9 Å². The molecule has 0 atom stereocenters. The third-order valence-corrected chi connectivity index (χ3v) is 2.79. The molecule has 1 amide bonds. The molecule has 8 nitrogen and oxygen atoms in total. The average Bonchev–Trinajstić information content (AvgIpc) is 2.45. The van der Waals surface area contributed by atoms with Crippen LogP contribution in [0, 0.1) is 10.1 Å². The van der Waals surface area contributed by atoms with Crippen LogP contribution in [0.15, 0.2) is 18.2 Å². The van der Waals surface area contributed by atoms with Crippen LogP contribution in [0.5, 0.6) is 0 Å². The minimum absolute atomic E-state index is 0.00497. The predicted octanol–water partition coefficient (Wildman–Crippen LogP) is 0.989. The first-order chi connectivity index (χ1) is 9.52. The second-order valence-corrected chi connectivity index (χ2v) is 4.18. The van der Waals surface area contributed by atoms with E-state index in [-0.39, 0.29) is 16.9 Å². The molecule has 1 aromatic carbocycles. The van der Waals surface area contributed by atoms with Gasteiger partial charge in [0.1, 0.15) is 11.3 Å². The lowest BCUT2D eigenvalue weighted by atomic mass is 10.1. The molecular weight excluding hydrogens is 264 g/mol. The van der Waals surface area contributed by atoms with Gasteiger partial charge >= 0.3 is 5.69 Å². The van der Waals surface area contributed by atoms with Crippen molar-refractivity contribution in [1.82, 2.24) is 4.90 Å². The number of amides is 1. The lowest BCUT2D eigenvalue weighted by Gasteiger charge is -2.17. The number of nitrogens with one attached hydrogen (secondary N) is 1. The fraction of sp³-hybridized carbons (Fsp3) is 0.417. The Hall–Kier alpha value is -2.19. The van der Waals surface area contributed by atoms with Crippen LogP contribution in [0.25, 0.3) is 0 Å². The van der Waals surface area contributed by atoms with Crippen LogP contribution in [-0.4, -0.2) is 43.0 Å². The number of nitro benzene ring substituents is 1. The van der Waals surface area contributed by atoms with Crippen LogP contribution < -0.4 is 11.3 Å². The van der Waals surface area contributed by atoms with Gasteiger partial charge in [-0.05, 0) is 18.6 Å². The van der Waals surface area contributed by atoms with Gasteiger partial charge in [0.05, 0.1) is 4.92 Å². The summed E-state index contributed by atoms with van der Waals surface area (Å²) in [7, 11) is 3.16. The lowest BCUT2D eigenvalue weighted by molar-refractivity contribution is -0.384. The van der Waals surface area contributed by atoms with Gasteiger partial charge in [0.15, 0.2) is 0 Å². The van der Waals surface area contributed by atoms with Crippen molar-refractivity contribution in [3.05, 3.63) is 33.9 Å². The van der Waals surface area contributed by atoms with Crippen molar-refractivity contribution in [1.29, 1.82) is 0 Å². The van der Waals surface area contributed by atoms with Gasteiger partial charge in [-0.25, -0.2) is 0 Å². The summed E-state index contributed by atoms with van der Waals surface area (Å²) in [5, 5.41) is 11.1. The number of nitrogens with two attached hydrogens (primary N) is 1. The first-order valence-corrected chi connectivity index (χ1v) is 6.01. The zero-order valence-electron chi connectivity index (χ0n) is 11.5. The van der Waals surface area contributed by atoms with E-state index in [1.165, 1.54) is 17.0 Å². The first kappa shape index (κ1) is 15.9. The van der Waals surface area contributed by atoms with Gasteiger partial charge in [0.2, 0.25) is 0 Å². The predicted molar refractivity (Wildman–Crippen MR) is 74.4 cm³/mol. The number of ether oxygens (including phenoxy) is 1. The highest BCUT2D eigenvalue weighted by Gasteiger charge is 2.26. The lowest BCUT2D eigenvalue weighted by Crippen LogP contribution is -2.29. The summed E-state index contributed by atoms with van der Waals surface area (Å²) in [5.41, 5.74) is 2.02. The molecule has 0 bridgehead atoms. The Labute approximate surface area is 116 Å². The van der Waals surface area contributed by atoms with Gasteiger partial charge in [-0.15, -0.1) is 0 Å². The normalized spacial score (nSPS) is 10.2. The van der Waals surface area contributed by atoms with Crippen molar-refractivity contribution in [2.75, 3.05) is 32.7 Å². The summed E-state index contributed by atoms with van der Waals surface area (Å²) >= 11 is 0. The quantitative estimate of drug-likeness (QED) is 0.334. The van der Waals surface area contributed by atoms with Gasteiger partial charge in [-0.2, -0.15) is 0 Å². The number of anilines is 1. The second-order valence-electron chi connectivity index (χ2n) is 4.18. The number of carbonyl (C=O) groups excluding carboxylic acids is 1. The van der Waals surface area contributed by atoms with Crippen LogP contribution >= 0.6 is 0 Å². The highest BCUT2D eigenvalue weighted by molar-refractivity contribution is 6.00. The molecule has 8 heteroatoms. The first-order valence-electron chi connectivity index (χ1n) is 6.01. The van der Waals surface area contributed by atoms with E-state index in [1.807, 2.05) is 0 Å². The van der Waals surface area contributed by atoms with E-state index in [0.717, 1.165) is 0 Å². The average molecular weight is 282 g/mol. The number of methoxy groups -OCH3 is 1. The van der Waals surface area contributed by atoms with Crippen LogP contribution in [0.4, 0.5) is 11.4 Å². The van der Waals surface area contributed by atoms with Crippen molar-refractivity contribution in [3.8, 4) is 0 Å². The Kier molecular flexibility index (Phi) is 5.88. The number of hydrogen-bond donors (Lipinski definition) is 2. The van der Waals surface area contributed by atoms with Crippen LogP contribution in [0.3, 0.4) is 0 Å². The number of benzene rings is 1. The molecule has 0 spiro atoms. The Morgan fingerprint density at radius 3 is 2.80 bits per heavy atom. The molecule has 0 heterocycles. The molecule has 0 fully saturated rings. The minimum atomic E-state index is -0.620. The molecule has 0 aliphatic carbocycles. The largest absolute Gasteiger partial charge is 0.385 e. The third-order valence-electron chi connectivity index (χ3n) is 2.79. The van der Waals surface area contributed by atoms with Crippen molar-refractivity contribution < 1.29 is 14.5 Å². The zero-order valence-corrected chi connectivity index (χ0v) is 11.5. The topological polar surface area (TPSA) is 111 Å². The number of carbonyl (C=O) groups is 1. The molecule has 110 valence electrons. The number of nitrogen functional groups attached to an aromatic ring is 1. The molecule has 0 radical (unpaired) electrons. The summed E-state index contributed by atoms with van der Waals surface area (Å²) in [6.45, 7) is 0.966. The van der Waals surface area contributed by atoms with Crippen LogP contribution in [-0.2, 0) is 4.74 Å². The van der Waals surface area contributed by atoms with Crippen molar-refractivity contribution in [2.24, 2.45) is 5.84 Å². The molecule has 0 aromatic heterocycles. The highest BCUT2D eigenvalue weighted by atomic mass is 16.6. The van der Waals surface area contributed by atoms with E-state index >= 15 is 0 Å². The van der Waals surface area contributed by atoms with E-state index in [1.54, 1.807) is 20.2 Å². The SMILES string of the molecule is COCCCN(C)C(=O)c1cccc(NN)c1[N+](=O)[O-]. The van der Waals surface area contributed by atoms with Crippen molar-refractivity contribution >= 4 is 17.3 Å². The van der Waals surface area contributed by atoms with Crippen molar-refractivity contribution in [2.45, 2.75) is 6.42 Å². The fourth-order valence-corrected chi connectivity index (χ4v) is 1.78. The van der Waals surface area contributed by atoms with E-state index < -0.39 is 10.8 Å². The molecule has 1 rings (SSSR count). The standard InChI is InChI=1S/C12H18N4O4/c1-15(7-4-8-20-2)12(17)9-5-3-6-10(14-13)11(9)16(18)19/h3,5-6,14H,4,7-8,13H2,1-2H3. The van der Waals surface area contributed by atoms with E-state index in [0.29, 0.717) is 19.6 Å². The molecule has 0 unspecified atom stereocenters. The maximum absolute atomic E-state index is 12.2. The molecule has 1 aromatic rings. The number of rotatable bonds is 7. The van der Waals surface area contributed by atoms with Gasteiger partial charge in [0, 0.05) is 27.3 Å². The molecule has 0 aliphatic heterocycles. The Bertz CT molecular complexity index is 492. The van der Waals surface area contributed by atoms with Crippen LogP contribution in [0.1, 0.15) is 16.8 Å². The number of hydrogen-bond acceptors (Lipinski definition) is 6. The fourth-order valence-electron chi connectivity index (χ4n) is 1.78. The molecule has 20 heavy (non-hydrogen) atoms. The minimum Gasteiger partial charge on any atom is -0.385 e. The van der Waals surface area contributed by atoms with Gasteiger partial charge in [-0.1, -0.05) is 6.07 Å². The summed E-state index contributed by atoms with van der Waals surface area (Å²) in [5.74, 6) is 4.81. The summed E-state index contributed by atoms with van der Waals surface area (Å²) in [4.78, 5) is 24.2. The van der Waals surface area contributed by atoms with E-state index in [2.05, 4.69) is 5.43 Å². The van der Waals surface area contributed by atoms with Crippen LogP contribution in [0.2, 0.25) is 0 Å². The highest BCUT2D eigenvalue weighted by Crippen LogP contribution is 2.28. The molecular formula is C12H18N4O4. The Balaban J connectivity index is 3.00.